The molecule has 2 aliphatic heterocycles. The standard InChI is InChI=1S/C18H26N2O4.ClH/c19-17(13-7-10-22-11-8-13)18(21)20-14-3-5-15(6-4-14)24-12-16-2-1-9-23-16;/h3-6,13,16-17H,1-2,7-12,19H2,(H,20,21);1H. The lowest BCUT2D eigenvalue weighted by Crippen LogP contribution is -2.43. The Balaban J connectivity index is 0.00000225. The highest BCUT2D eigenvalue weighted by Crippen LogP contribution is 2.21. The van der Waals surface area contributed by atoms with E-state index < -0.39 is 6.04 Å². The van der Waals surface area contributed by atoms with E-state index in [9.17, 15) is 4.79 Å². The van der Waals surface area contributed by atoms with E-state index in [0.717, 1.165) is 43.7 Å². The van der Waals surface area contributed by atoms with Crippen molar-refractivity contribution < 1.29 is 19.0 Å². The number of hydrogen-bond donors (Lipinski definition) is 2. The third-order valence-corrected chi connectivity index (χ3v) is 4.66. The highest BCUT2D eigenvalue weighted by molar-refractivity contribution is 5.94. The number of nitrogens with two attached hydrogens (primary N) is 1. The number of ether oxygens (including phenoxy) is 3. The molecule has 2 aliphatic rings. The molecule has 2 atom stereocenters. The molecule has 1 aromatic rings. The summed E-state index contributed by atoms with van der Waals surface area (Å²) in [6, 6.07) is 6.87. The van der Waals surface area contributed by atoms with Crippen LogP contribution in [-0.2, 0) is 14.3 Å². The van der Waals surface area contributed by atoms with Crippen molar-refractivity contribution in [2.45, 2.75) is 37.8 Å². The maximum Gasteiger partial charge on any atom is 0.241 e. The Morgan fingerprint density at radius 2 is 1.92 bits per heavy atom. The lowest BCUT2D eigenvalue weighted by Gasteiger charge is -2.26. The van der Waals surface area contributed by atoms with Gasteiger partial charge in [0.15, 0.2) is 0 Å². The Morgan fingerprint density at radius 1 is 1.20 bits per heavy atom. The molecule has 2 saturated heterocycles. The van der Waals surface area contributed by atoms with E-state index in [4.69, 9.17) is 19.9 Å². The lowest BCUT2D eigenvalue weighted by atomic mass is 9.92. The fourth-order valence-corrected chi connectivity index (χ4v) is 3.11. The molecule has 7 heteroatoms. The fraction of sp³-hybridized carbons (Fsp3) is 0.611. The highest BCUT2D eigenvalue weighted by Gasteiger charge is 2.26. The summed E-state index contributed by atoms with van der Waals surface area (Å²) in [5, 5.41) is 2.88. The predicted octanol–water partition coefficient (Wildman–Crippen LogP) is 2.36. The first-order valence-electron chi connectivity index (χ1n) is 8.71. The summed E-state index contributed by atoms with van der Waals surface area (Å²) in [6.45, 7) is 2.76. The zero-order chi connectivity index (χ0) is 16.8. The number of halogens is 1. The van der Waals surface area contributed by atoms with Crippen LogP contribution in [0.15, 0.2) is 24.3 Å². The molecule has 2 fully saturated rings. The minimum Gasteiger partial charge on any atom is -0.491 e. The molecule has 0 aliphatic carbocycles. The largest absolute Gasteiger partial charge is 0.491 e. The van der Waals surface area contributed by atoms with Crippen molar-refractivity contribution in [2.24, 2.45) is 11.7 Å². The lowest BCUT2D eigenvalue weighted by molar-refractivity contribution is -0.119. The molecule has 0 radical (unpaired) electrons. The monoisotopic (exact) mass is 370 g/mol. The highest BCUT2D eigenvalue weighted by atomic mass is 35.5. The number of nitrogens with one attached hydrogen (secondary N) is 1. The number of anilines is 1. The maximum absolute atomic E-state index is 12.3. The summed E-state index contributed by atoms with van der Waals surface area (Å²) < 4.78 is 16.6. The van der Waals surface area contributed by atoms with Gasteiger partial charge in [0.05, 0.1) is 12.1 Å². The summed E-state index contributed by atoms with van der Waals surface area (Å²) in [7, 11) is 0. The van der Waals surface area contributed by atoms with Crippen molar-refractivity contribution >= 4 is 24.0 Å². The number of hydrogen-bond acceptors (Lipinski definition) is 5. The van der Waals surface area contributed by atoms with Gasteiger partial charge in [0, 0.05) is 25.5 Å². The van der Waals surface area contributed by atoms with Crippen LogP contribution in [-0.4, -0.2) is 44.5 Å². The first kappa shape index (κ1) is 20.0. The Morgan fingerprint density at radius 3 is 2.56 bits per heavy atom. The van der Waals surface area contributed by atoms with E-state index in [0.29, 0.717) is 19.8 Å². The van der Waals surface area contributed by atoms with E-state index in [1.54, 1.807) is 0 Å². The molecule has 0 bridgehead atoms. The van der Waals surface area contributed by atoms with Crippen LogP contribution in [0.1, 0.15) is 25.7 Å². The second-order valence-corrected chi connectivity index (χ2v) is 6.44. The number of carbonyl (C=O) groups is 1. The molecule has 0 saturated carbocycles. The molecular formula is C18H27ClN2O4. The first-order chi connectivity index (χ1) is 11.7. The Kier molecular flexibility index (Phi) is 7.96. The van der Waals surface area contributed by atoms with Gasteiger partial charge < -0.3 is 25.3 Å². The Labute approximate surface area is 154 Å². The average molecular weight is 371 g/mol. The predicted molar refractivity (Wildman–Crippen MR) is 98.3 cm³/mol. The SMILES string of the molecule is Cl.NC(C(=O)Nc1ccc(OCC2CCCO2)cc1)C1CCOCC1. The van der Waals surface area contributed by atoms with Gasteiger partial charge in [0.25, 0.3) is 0 Å². The van der Waals surface area contributed by atoms with Crippen molar-refractivity contribution in [2.75, 3.05) is 31.7 Å². The number of amides is 1. The van der Waals surface area contributed by atoms with E-state index in [2.05, 4.69) is 5.32 Å². The topological polar surface area (TPSA) is 82.8 Å². The summed E-state index contributed by atoms with van der Waals surface area (Å²) in [5.41, 5.74) is 6.81. The summed E-state index contributed by atoms with van der Waals surface area (Å²) >= 11 is 0. The van der Waals surface area contributed by atoms with Gasteiger partial charge in [-0.1, -0.05) is 0 Å². The maximum atomic E-state index is 12.3. The molecule has 1 aromatic carbocycles. The van der Waals surface area contributed by atoms with E-state index >= 15 is 0 Å². The molecule has 3 rings (SSSR count). The molecule has 2 unspecified atom stereocenters. The van der Waals surface area contributed by atoms with Gasteiger partial charge in [-0.2, -0.15) is 0 Å². The van der Waals surface area contributed by atoms with Gasteiger partial charge in [-0.05, 0) is 55.9 Å². The van der Waals surface area contributed by atoms with Crippen LogP contribution in [0.25, 0.3) is 0 Å². The van der Waals surface area contributed by atoms with Crippen LogP contribution in [0, 0.1) is 5.92 Å². The third-order valence-electron chi connectivity index (χ3n) is 4.66. The van der Waals surface area contributed by atoms with Crippen LogP contribution in [0.3, 0.4) is 0 Å². The summed E-state index contributed by atoms with van der Waals surface area (Å²) in [5.74, 6) is 0.819. The van der Waals surface area contributed by atoms with Gasteiger partial charge in [0.2, 0.25) is 5.91 Å². The second-order valence-electron chi connectivity index (χ2n) is 6.44. The minimum absolute atomic E-state index is 0. The zero-order valence-corrected chi connectivity index (χ0v) is 15.1. The third kappa shape index (κ3) is 5.85. The second kappa shape index (κ2) is 9.97. The van der Waals surface area contributed by atoms with Gasteiger partial charge in [-0.3, -0.25) is 4.79 Å². The van der Waals surface area contributed by atoms with Crippen LogP contribution in [0.5, 0.6) is 5.75 Å². The van der Waals surface area contributed by atoms with Gasteiger partial charge in [-0.15, -0.1) is 12.4 Å². The molecule has 140 valence electrons. The van der Waals surface area contributed by atoms with Crippen LogP contribution in [0.4, 0.5) is 5.69 Å². The number of rotatable bonds is 6. The van der Waals surface area contributed by atoms with E-state index in [-0.39, 0.29) is 30.3 Å². The molecule has 0 spiro atoms. The minimum atomic E-state index is -0.496. The van der Waals surface area contributed by atoms with Crippen molar-refractivity contribution in [3.8, 4) is 5.75 Å². The van der Waals surface area contributed by atoms with E-state index in [1.807, 2.05) is 24.3 Å². The normalized spacial score (nSPS) is 22.0. The Bertz CT molecular complexity index is 528. The molecule has 6 nitrogen and oxygen atoms in total. The molecule has 2 heterocycles. The van der Waals surface area contributed by atoms with Gasteiger partial charge in [-0.25, -0.2) is 0 Å². The molecule has 1 amide bonds. The van der Waals surface area contributed by atoms with Crippen molar-refractivity contribution in [3.05, 3.63) is 24.3 Å². The number of carbonyl (C=O) groups excluding carboxylic acids is 1. The summed E-state index contributed by atoms with van der Waals surface area (Å²) in [6.07, 6.45) is 4.03. The smallest absolute Gasteiger partial charge is 0.241 e. The van der Waals surface area contributed by atoms with Crippen molar-refractivity contribution in [1.29, 1.82) is 0 Å². The zero-order valence-electron chi connectivity index (χ0n) is 14.3. The quantitative estimate of drug-likeness (QED) is 0.803. The molecular weight excluding hydrogens is 344 g/mol. The fourth-order valence-electron chi connectivity index (χ4n) is 3.11. The Hall–Kier alpha value is -1.34. The molecule has 25 heavy (non-hydrogen) atoms. The van der Waals surface area contributed by atoms with Crippen molar-refractivity contribution in [1.82, 2.24) is 0 Å². The average Bonchev–Trinajstić information content (AvgIpc) is 3.15. The molecule has 3 N–H and O–H groups in total. The number of benzene rings is 1. The first-order valence-corrected chi connectivity index (χ1v) is 8.71. The van der Waals surface area contributed by atoms with Crippen molar-refractivity contribution in [3.63, 3.8) is 0 Å². The van der Waals surface area contributed by atoms with Gasteiger partial charge >= 0.3 is 0 Å². The van der Waals surface area contributed by atoms with E-state index in [1.165, 1.54) is 0 Å². The van der Waals surface area contributed by atoms with Gasteiger partial charge in [0.1, 0.15) is 12.4 Å². The summed E-state index contributed by atoms with van der Waals surface area (Å²) in [4.78, 5) is 12.3. The van der Waals surface area contributed by atoms with Crippen LogP contribution >= 0.6 is 12.4 Å². The van der Waals surface area contributed by atoms with Crippen LogP contribution < -0.4 is 15.8 Å². The van der Waals surface area contributed by atoms with Crippen LogP contribution in [0.2, 0.25) is 0 Å². The molecule has 0 aromatic heterocycles.